The lowest BCUT2D eigenvalue weighted by atomic mass is 10.2. The Bertz CT molecular complexity index is 282. The molecule has 0 saturated carbocycles. The molecular weight excluding hydrogens is 206 g/mol. The molecule has 2 nitrogen and oxygen atoms in total. The highest BCUT2D eigenvalue weighted by molar-refractivity contribution is 7.10. The summed E-state index contributed by atoms with van der Waals surface area (Å²) >= 11 is 1.69. The molecule has 0 aromatic carbocycles. The summed E-state index contributed by atoms with van der Waals surface area (Å²) in [6.45, 7) is 4.18. The molecule has 0 aliphatic rings. The average Bonchev–Trinajstić information content (AvgIpc) is 2.70. The van der Waals surface area contributed by atoms with E-state index >= 15 is 0 Å². The Kier molecular flexibility index (Phi) is 5.40. The Hall–Kier alpha value is -0.830. The molecule has 0 aliphatic carbocycles. The van der Waals surface area contributed by atoms with E-state index in [-0.39, 0.29) is 11.9 Å². The van der Waals surface area contributed by atoms with Gasteiger partial charge in [-0.2, -0.15) is 0 Å². The van der Waals surface area contributed by atoms with E-state index in [0.717, 1.165) is 19.3 Å². The zero-order valence-corrected chi connectivity index (χ0v) is 10.3. The minimum absolute atomic E-state index is 0.152. The molecule has 1 amide bonds. The van der Waals surface area contributed by atoms with Crippen molar-refractivity contribution in [2.45, 2.75) is 45.6 Å². The molecule has 0 radical (unpaired) electrons. The predicted molar refractivity (Wildman–Crippen MR) is 65.0 cm³/mol. The summed E-state index contributed by atoms with van der Waals surface area (Å²) in [5, 5.41) is 5.05. The maximum absolute atomic E-state index is 11.5. The van der Waals surface area contributed by atoms with Crippen LogP contribution < -0.4 is 5.32 Å². The van der Waals surface area contributed by atoms with Gasteiger partial charge < -0.3 is 5.32 Å². The first-order valence-electron chi connectivity index (χ1n) is 5.56. The lowest BCUT2D eigenvalue weighted by Crippen LogP contribution is -2.25. The molecule has 1 atom stereocenters. The van der Waals surface area contributed by atoms with Gasteiger partial charge in [0.2, 0.25) is 5.91 Å². The second-order valence-electron chi connectivity index (χ2n) is 3.76. The van der Waals surface area contributed by atoms with Crippen molar-refractivity contribution in [2.24, 2.45) is 0 Å². The molecule has 1 aromatic heterocycles. The number of nitrogens with one attached hydrogen (secondary N) is 1. The van der Waals surface area contributed by atoms with Gasteiger partial charge in [0.1, 0.15) is 0 Å². The van der Waals surface area contributed by atoms with Crippen molar-refractivity contribution in [3.63, 3.8) is 0 Å². The van der Waals surface area contributed by atoms with Gasteiger partial charge >= 0.3 is 0 Å². The third-order valence-corrected chi connectivity index (χ3v) is 3.41. The van der Waals surface area contributed by atoms with Crippen LogP contribution >= 0.6 is 11.3 Å². The average molecular weight is 225 g/mol. The Balaban J connectivity index is 2.26. The number of hydrogen-bond acceptors (Lipinski definition) is 2. The van der Waals surface area contributed by atoms with Gasteiger partial charge in [0.15, 0.2) is 0 Å². The van der Waals surface area contributed by atoms with Crippen LogP contribution in [0.5, 0.6) is 0 Å². The molecule has 15 heavy (non-hydrogen) atoms. The standard InChI is InChI=1S/C12H19NOS/c1-3-4-5-8-12(14)13-10(2)11-7-6-9-15-11/h6-7,9-10H,3-5,8H2,1-2H3,(H,13,14). The van der Waals surface area contributed by atoms with Crippen LogP contribution in [0, 0.1) is 0 Å². The molecule has 1 heterocycles. The van der Waals surface area contributed by atoms with Crippen LogP contribution in [0.2, 0.25) is 0 Å². The first-order chi connectivity index (χ1) is 7.24. The topological polar surface area (TPSA) is 29.1 Å². The van der Waals surface area contributed by atoms with Gasteiger partial charge in [-0.15, -0.1) is 11.3 Å². The smallest absolute Gasteiger partial charge is 0.220 e. The van der Waals surface area contributed by atoms with Gasteiger partial charge in [0.25, 0.3) is 0 Å². The summed E-state index contributed by atoms with van der Waals surface area (Å²) in [7, 11) is 0. The van der Waals surface area contributed by atoms with Gasteiger partial charge in [-0.1, -0.05) is 25.8 Å². The van der Waals surface area contributed by atoms with Crippen molar-refractivity contribution >= 4 is 17.2 Å². The van der Waals surface area contributed by atoms with Crippen molar-refractivity contribution in [3.8, 4) is 0 Å². The predicted octanol–water partition coefficient (Wildman–Crippen LogP) is 3.51. The summed E-state index contributed by atoms with van der Waals surface area (Å²) in [5.74, 6) is 0.171. The van der Waals surface area contributed by atoms with Crippen molar-refractivity contribution in [3.05, 3.63) is 22.4 Å². The maximum Gasteiger partial charge on any atom is 0.220 e. The minimum atomic E-state index is 0.152. The Labute approximate surface area is 95.7 Å². The number of rotatable bonds is 6. The van der Waals surface area contributed by atoms with Crippen molar-refractivity contribution in [1.82, 2.24) is 5.32 Å². The number of hydrogen-bond donors (Lipinski definition) is 1. The van der Waals surface area contributed by atoms with Gasteiger partial charge in [-0.3, -0.25) is 4.79 Å². The lowest BCUT2D eigenvalue weighted by molar-refractivity contribution is -0.121. The van der Waals surface area contributed by atoms with E-state index in [9.17, 15) is 4.79 Å². The molecule has 84 valence electrons. The SMILES string of the molecule is CCCCCC(=O)NC(C)c1cccs1. The van der Waals surface area contributed by atoms with Crippen LogP contribution in [0.25, 0.3) is 0 Å². The van der Waals surface area contributed by atoms with Gasteiger partial charge in [0, 0.05) is 11.3 Å². The largest absolute Gasteiger partial charge is 0.349 e. The van der Waals surface area contributed by atoms with Crippen molar-refractivity contribution in [1.29, 1.82) is 0 Å². The second kappa shape index (κ2) is 6.62. The summed E-state index contributed by atoms with van der Waals surface area (Å²) in [5.41, 5.74) is 0. The molecular formula is C12H19NOS. The summed E-state index contributed by atoms with van der Waals surface area (Å²) in [6.07, 6.45) is 3.96. The van der Waals surface area contributed by atoms with E-state index in [0.29, 0.717) is 6.42 Å². The van der Waals surface area contributed by atoms with Gasteiger partial charge in [0.05, 0.1) is 6.04 Å². The van der Waals surface area contributed by atoms with Crippen molar-refractivity contribution in [2.75, 3.05) is 0 Å². The Morgan fingerprint density at radius 1 is 1.53 bits per heavy atom. The number of unbranched alkanes of at least 4 members (excludes halogenated alkanes) is 2. The zero-order valence-electron chi connectivity index (χ0n) is 9.45. The van der Waals surface area contributed by atoms with Crippen LogP contribution in [-0.4, -0.2) is 5.91 Å². The molecule has 1 aromatic rings. The maximum atomic E-state index is 11.5. The zero-order chi connectivity index (χ0) is 11.1. The highest BCUT2D eigenvalue weighted by Crippen LogP contribution is 2.18. The van der Waals surface area contributed by atoms with Crippen LogP contribution in [0.15, 0.2) is 17.5 Å². The first kappa shape index (κ1) is 12.2. The van der Waals surface area contributed by atoms with Crippen LogP contribution in [0.1, 0.15) is 50.4 Å². The molecule has 0 aliphatic heterocycles. The van der Waals surface area contributed by atoms with Crippen molar-refractivity contribution < 1.29 is 4.79 Å². The molecule has 3 heteroatoms. The molecule has 1 N–H and O–H groups in total. The van der Waals surface area contributed by atoms with E-state index in [1.165, 1.54) is 4.88 Å². The van der Waals surface area contributed by atoms with Gasteiger partial charge in [-0.25, -0.2) is 0 Å². The molecule has 0 fully saturated rings. The minimum Gasteiger partial charge on any atom is -0.349 e. The third-order valence-electron chi connectivity index (χ3n) is 2.35. The lowest BCUT2D eigenvalue weighted by Gasteiger charge is -2.11. The fourth-order valence-corrected chi connectivity index (χ4v) is 2.19. The molecule has 1 unspecified atom stereocenters. The van der Waals surface area contributed by atoms with Crippen LogP contribution in [0.3, 0.4) is 0 Å². The summed E-state index contributed by atoms with van der Waals surface area (Å²) in [4.78, 5) is 12.7. The first-order valence-corrected chi connectivity index (χ1v) is 6.44. The number of carbonyl (C=O) groups excluding carboxylic acids is 1. The van der Waals surface area contributed by atoms with E-state index < -0.39 is 0 Å². The summed E-state index contributed by atoms with van der Waals surface area (Å²) in [6, 6.07) is 4.22. The Morgan fingerprint density at radius 3 is 2.93 bits per heavy atom. The number of amides is 1. The Morgan fingerprint density at radius 2 is 2.33 bits per heavy atom. The van der Waals surface area contributed by atoms with Crippen LogP contribution in [0.4, 0.5) is 0 Å². The van der Waals surface area contributed by atoms with E-state index in [4.69, 9.17) is 0 Å². The molecule has 0 bridgehead atoms. The van der Waals surface area contributed by atoms with E-state index in [1.807, 2.05) is 18.4 Å². The molecule has 0 saturated heterocycles. The molecule has 1 rings (SSSR count). The highest BCUT2D eigenvalue weighted by Gasteiger charge is 2.09. The highest BCUT2D eigenvalue weighted by atomic mass is 32.1. The third kappa shape index (κ3) is 4.47. The fourth-order valence-electron chi connectivity index (χ4n) is 1.46. The van der Waals surface area contributed by atoms with Gasteiger partial charge in [-0.05, 0) is 24.8 Å². The van der Waals surface area contributed by atoms with E-state index in [1.54, 1.807) is 11.3 Å². The quantitative estimate of drug-likeness (QED) is 0.738. The summed E-state index contributed by atoms with van der Waals surface area (Å²) < 4.78 is 0. The number of thiophene rings is 1. The number of carbonyl (C=O) groups is 1. The second-order valence-corrected chi connectivity index (χ2v) is 4.74. The normalized spacial score (nSPS) is 12.4. The monoisotopic (exact) mass is 225 g/mol. The van der Waals surface area contributed by atoms with Crippen LogP contribution in [-0.2, 0) is 4.79 Å². The fraction of sp³-hybridized carbons (Fsp3) is 0.583. The van der Waals surface area contributed by atoms with E-state index in [2.05, 4.69) is 18.3 Å². The molecule has 0 spiro atoms.